The molecule has 1 aromatic carbocycles. The van der Waals surface area contributed by atoms with Crippen LogP contribution in [0, 0.1) is 0 Å². The largest absolute Gasteiger partial charge is 0.507 e. The van der Waals surface area contributed by atoms with Crippen LogP contribution in [0.4, 0.5) is 0 Å². The fourth-order valence-electron chi connectivity index (χ4n) is 1.59. The van der Waals surface area contributed by atoms with E-state index >= 15 is 0 Å². The highest BCUT2D eigenvalue weighted by molar-refractivity contribution is 6.06. The number of aryl methyl sites for hydroxylation is 1. The van der Waals surface area contributed by atoms with E-state index in [1.165, 1.54) is 19.9 Å². The summed E-state index contributed by atoms with van der Waals surface area (Å²) < 4.78 is 0. The molecule has 4 heteroatoms. The molecule has 0 fully saturated rings. The van der Waals surface area contributed by atoms with Gasteiger partial charge in [0.05, 0.1) is 5.56 Å². The molecule has 0 saturated carbocycles. The van der Waals surface area contributed by atoms with Gasteiger partial charge in [0.1, 0.15) is 17.1 Å². The Labute approximate surface area is 93.5 Å². The van der Waals surface area contributed by atoms with Crippen molar-refractivity contribution in [3.63, 3.8) is 0 Å². The molecule has 0 saturated heterocycles. The second-order valence-electron chi connectivity index (χ2n) is 3.62. The second-order valence-corrected chi connectivity index (χ2v) is 3.62. The number of phenols is 2. The predicted molar refractivity (Wildman–Crippen MR) is 59.2 cm³/mol. The number of Topliss-reactive ketones (excluding diaryl/α,β-unsaturated/α-hetero) is 2. The maximum atomic E-state index is 11.3. The van der Waals surface area contributed by atoms with Crippen LogP contribution in [0.1, 0.15) is 47.1 Å². The van der Waals surface area contributed by atoms with Crippen molar-refractivity contribution >= 4 is 11.6 Å². The van der Waals surface area contributed by atoms with Crippen molar-refractivity contribution < 1.29 is 19.8 Å². The Hall–Kier alpha value is -1.84. The molecule has 0 heterocycles. The first-order valence-corrected chi connectivity index (χ1v) is 4.99. The smallest absolute Gasteiger partial charge is 0.167 e. The second kappa shape index (κ2) is 4.35. The molecule has 0 unspecified atom stereocenters. The van der Waals surface area contributed by atoms with Gasteiger partial charge in [-0.05, 0) is 31.9 Å². The van der Waals surface area contributed by atoms with Crippen molar-refractivity contribution in [1.82, 2.24) is 0 Å². The minimum Gasteiger partial charge on any atom is -0.507 e. The predicted octanol–water partition coefficient (Wildman–Crippen LogP) is 2.07. The third-order valence-corrected chi connectivity index (χ3v) is 2.46. The number of hydrogen-bond acceptors (Lipinski definition) is 4. The van der Waals surface area contributed by atoms with E-state index in [9.17, 15) is 19.8 Å². The first kappa shape index (κ1) is 12.2. The molecule has 0 spiro atoms. The Balaban J connectivity index is 3.64. The van der Waals surface area contributed by atoms with Gasteiger partial charge in [0.2, 0.25) is 0 Å². The molecule has 0 bridgehead atoms. The molecule has 16 heavy (non-hydrogen) atoms. The fourth-order valence-corrected chi connectivity index (χ4v) is 1.59. The van der Waals surface area contributed by atoms with Crippen molar-refractivity contribution in [3.05, 3.63) is 22.8 Å². The van der Waals surface area contributed by atoms with Crippen molar-refractivity contribution in [2.24, 2.45) is 0 Å². The SMILES string of the molecule is CCc1cc(C(C)=O)c(O)c(C(C)=O)c1O. The van der Waals surface area contributed by atoms with Crippen LogP contribution in [0.15, 0.2) is 6.07 Å². The van der Waals surface area contributed by atoms with Gasteiger partial charge in [0.25, 0.3) is 0 Å². The van der Waals surface area contributed by atoms with Gasteiger partial charge in [-0.3, -0.25) is 9.59 Å². The number of hydrogen-bond donors (Lipinski definition) is 2. The third kappa shape index (κ3) is 1.91. The summed E-state index contributed by atoms with van der Waals surface area (Å²) in [5.74, 6) is -1.48. The minimum absolute atomic E-state index is 0.0693. The molecule has 4 nitrogen and oxygen atoms in total. The summed E-state index contributed by atoms with van der Waals surface area (Å²) in [7, 11) is 0. The zero-order valence-corrected chi connectivity index (χ0v) is 9.50. The Morgan fingerprint density at radius 2 is 1.69 bits per heavy atom. The van der Waals surface area contributed by atoms with E-state index in [4.69, 9.17) is 0 Å². The van der Waals surface area contributed by atoms with Gasteiger partial charge in [-0.25, -0.2) is 0 Å². The van der Waals surface area contributed by atoms with Crippen LogP contribution in [0.2, 0.25) is 0 Å². The van der Waals surface area contributed by atoms with Gasteiger partial charge in [-0.2, -0.15) is 0 Å². The molecule has 0 atom stereocenters. The lowest BCUT2D eigenvalue weighted by molar-refractivity contribution is 0.101. The number of benzene rings is 1. The maximum Gasteiger partial charge on any atom is 0.167 e. The van der Waals surface area contributed by atoms with Gasteiger partial charge >= 0.3 is 0 Å². The van der Waals surface area contributed by atoms with Gasteiger partial charge in [-0.1, -0.05) is 6.92 Å². The molecule has 0 aliphatic rings. The van der Waals surface area contributed by atoms with Gasteiger partial charge in [0.15, 0.2) is 11.6 Å². The Bertz CT molecular complexity index is 461. The zero-order valence-electron chi connectivity index (χ0n) is 9.50. The van der Waals surface area contributed by atoms with Crippen LogP contribution >= 0.6 is 0 Å². The summed E-state index contributed by atoms with van der Waals surface area (Å²) in [6, 6.07) is 1.42. The zero-order chi connectivity index (χ0) is 12.5. The average molecular weight is 222 g/mol. The average Bonchev–Trinajstić information content (AvgIpc) is 2.16. The molecule has 0 aliphatic heterocycles. The highest BCUT2D eigenvalue weighted by Crippen LogP contribution is 2.35. The molecular formula is C12H14O4. The first-order valence-electron chi connectivity index (χ1n) is 4.99. The van der Waals surface area contributed by atoms with E-state index in [1.807, 2.05) is 0 Å². The minimum atomic E-state index is -0.465. The number of rotatable bonds is 3. The summed E-state index contributed by atoms with van der Waals surface area (Å²) in [5.41, 5.74) is 0.373. The quantitative estimate of drug-likeness (QED) is 0.767. The maximum absolute atomic E-state index is 11.3. The number of carbonyl (C=O) groups is 2. The molecule has 1 rings (SSSR count). The van der Waals surface area contributed by atoms with Crippen LogP contribution in [-0.4, -0.2) is 21.8 Å². The lowest BCUT2D eigenvalue weighted by Crippen LogP contribution is -2.03. The van der Waals surface area contributed by atoms with Crippen LogP contribution in [-0.2, 0) is 6.42 Å². The normalized spacial score (nSPS) is 10.2. The lowest BCUT2D eigenvalue weighted by atomic mass is 9.97. The van der Waals surface area contributed by atoms with E-state index in [-0.39, 0.29) is 22.7 Å². The Kier molecular flexibility index (Phi) is 3.32. The molecule has 0 radical (unpaired) electrons. The van der Waals surface area contributed by atoms with Crippen molar-refractivity contribution in [1.29, 1.82) is 0 Å². The van der Waals surface area contributed by atoms with Crippen LogP contribution in [0.25, 0.3) is 0 Å². The van der Waals surface area contributed by atoms with Gasteiger partial charge < -0.3 is 10.2 Å². The summed E-state index contributed by atoms with van der Waals surface area (Å²) in [5, 5.41) is 19.5. The number of ketones is 2. The molecule has 0 aliphatic carbocycles. The molecule has 2 N–H and O–H groups in total. The standard InChI is InChI=1S/C12H14O4/c1-4-8-5-9(6(2)13)12(16)10(7(3)14)11(8)15/h5,15-16H,4H2,1-3H3. The monoisotopic (exact) mass is 222 g/mol. The van der Waals surface area contributed by atoms with Crippen LogP contribution in [0.5, 0.6) is 11.5 Å². The van der Waals surface area contributed by atoms with Gasteiger partial charge in [-0.15, -0.1) is 0 Å². The fraction of sp³-hybridized carbons (Fsp3) is 0.333. The van der Waals surface area contributed by atoms with Gasteiger partial charge in [0, 0.05) is 0 Å². The van der Waals surface area contributed by atoms with E-state index < -0.39 is 11.5 Å². The molecule has 86 valence electrons. The molecule has 0 aromatic heterocycles. The molecule has 0 amide bonds. The third-order valence-electron chi connectivity index (χ3n) is 2.46. The van der Waals surface area contributed by atoms with Crippen molar-refractivity contribution in [2.75, 3.05) is 0 Å². The molecular weight excluding hydrogens is 208 g/mol. The van der Waals surface area contributed by atoms with Crippen LogP contribution < -0.4 is 0 Å². The number of carbonyl (C=O) groups excluding carboxylic acids is 2. The number of aromatic hydroxyl groups is 2. The Morgan fingerprint density at radius 1 is 1.12 bits per heavy atom. The summed E-state index contributed by atoms with van der Waals surface area (Å²) in [6.07, 6.45) is 0.479. The van der Waals surface area contributed by atoms with E-state index in [2.05, 4.69) is 0 Å². The Morgan fingerprint density at radius 3 is 2.06 bits per heavy atom. The summed E-state index contributed by atoms with van der Waals surface area (Å²) in [4.78, 5) is 22.6. The summed E-state index contributed by atoms with van der Waals surface area (Å²) in [6.45, 7) is 4.33. The topological polar surface area (TPSA) is 74.6 Å². The van der Waals surface area contributed by atoms with Crippen LogP contribution in [0.3, 0.4) is 0 Å². The van der Waals surface area contributed by atoms with E-state index in [0.29, 0.717) is 12.0 Å². The highest BCUT2D eigenvalue weighted by atomic mass is 16.3. The van der Waals surface area contributed by atoms with E-state index in [0.717, 1.165) is 0 Å². The highest BCUT2D eigenvalue weighted by Gasteiger charge is 2.21. The molecule has 1 aromatic rings. The van der Waals surface area contributed by atoms with Crippen molar-refractivity contribution in [2.45, 2.75) is 27.2 Å². The van der Waals surface area contributed by atoms with Crippen molar-refractivity contribution in [3.8, 4) is 11.5 Å². The summed E-state index contributed by atoms with van der Waals surface area (Å²) >= 11 is 0. The number of phenolic OH excluding ortho intramolecular Hbond substituents is 2. The first-order chi connectivity index (χ1) is 7.40. The lowest BCUT2D eigenvalue weighted by Gasteiger charge is -2.11. The van der Waals surface area contributed by atoms with E-state index in [1.54, 1.807) is 6.92 Å².